The molecule has 3 aromatic rings. The van der Waals surface area contributed by atoms with E-state index in [4.69, 9.17) is 9.47 Å². The minimum Gasteiger partial charge on any atom is -0.491 e. The van der Waals surface area contributed by atoms with Gasteiger partial charge in [0.2, 0.25) is 0 Å². The molecule has 0 radical (unpaired) electrons. The first-order valence-electron chi connectivity index (χ1n) is 9.35. The van der Waals surface area contributed by atoms with Crippen LogP contribution in [0.25, 0.3) is 0 Å². The molecule has 0 aliphatic heterocycles. The van der Waals surface area contributed by atoms with Crippen LogP contribution in [-0.2, 0) is 17.0 Å². The molecule has 0 aliphatic rings. The first-order chi connectivity index (χ1) is 14.2. The van der Waals surface area contributed by atoms with Crippen molar-refractivity contribution in [3.05, 3.63) is 89.7 Å². The number of methoxy groups -OCH3 is 1. The van der Waals surface area contributed by atoms with Gasteiger partial charge in [0.1, 0.15) is 12.4 Å². The molecule has 6 heteroatoms. The van der Waals surface area contributed by atoms with Gasteiger partial charge in [-0.05, 0) is 53.6 Å². The molecule has 5 nitrogen and oxygen atoms in total. The van der Waals surface area contributed by atoms with Crippen LogP contribution in [0.1, 0.15) is 21.5 Å². The predicted octanol–water partition coefficient (Wildman–Crippen LogP) is 4.33. The van der Waals surface area contributed by atoms with Crippen molar-refractivity contribution < 1.29 is 14.3 Å². The van der Waals surface area contributed by atoms with Gasteiger partial charge in [-0.25, -0.2) is 0 Å². The first-order valence-corrected chi connectivity index (χ1v) is 10.3. The van der Waals surface area contributed by atoms with Crippen LogP contribution in [0.15, 0.2) is 78.0 Å². The van der Waals surface area contributed by atoms with E-state index in [1.807, 2.05) is 60.8 Å². The fourth-order valence-electron chi connectivity index (χ4n) is 2.63. The molecule has 1 aromatic heterocycles. The Morgan fingerprint density at radius 1 is 1.03 bits per heavy atom. The van der Waals surface area contributed by atoms with Gasteiger partial charge in [0, 0.05) is 42.3 Å². The van der Waals surface area contributed by atoms with Crippen LogP contribution in [0.3, 0.4) is 0 Å². The number of nitrogens with zero attached hydrogens (tertiary/aromatic N) is 1. The third-order valence-electron chi connectivity index (χ3n) is 4.15. The molecule has 1 amide bonds. The van der Waals surface area contributed by atoms with Gasteiger partial charge in [0.05, 0.1) is 6.61 Å². The third kappa shape index (κ3) is 6.93. The maximum absolute atomic E-state index is 12.4. The number of benzene rings is 2. The Morgan fingerprint density at radius 3 is 2.62 bits per heavy atom. The summed E-state index contributed by atoms with van der Waals surface area (Å²) in [7, 11) is 1.64. The monoisotopic (exact) mass is 408 g/mol. The standard InChI is InChI=1S/C23H24N2O3S/c1-27-12-13-28-21-6-2-4-18(14-21)16-25-23(26)20-7-9-22(10-8-20)29-17-19-5-3-11-24-15-19/h2-11,14-15H,12-13,16-17H2,1H3,(H,25,26). The second kappa shape index (κ2) is 11.2. The van der Waals surface area contributed by atoms with Crippen molar-refractivity contribution in [2.45, 2.75) is 17.2 Å². The summed E-state index contributed by atoms with van der Waals surface area (Å²) in [6.45, 7) is 1.48. The van der Waals surface area contributed by atoms with E-state index in [0.29, 0.717) is 25.3 Å². The topological polar surface area (TPSA) is 60.5 Å². The van der Waals surface area contributed by atoms with Crippen molar-refractivity contribution in [2.75, 3.05) is 20.3 Å². The lowest BCUT2D eigenvalue weighted by molar-refractivity contribution is 0.0950. The number of hydrogen-bond donors (Lipinski definition) is 1. The van der Waals surface area contributed by atoms with Gasteiger partial charge in [-0.1, -0.05) is 18.2 Å². The molecular formula is C23H24N2O3S. The van der Waals surface area contributed by atoms with Crippen molar-refractivity contribution >= 4 is 17.7 Å². The molecule has 0 spiro atoms. The van der Waals surface area contributed by atoms with E-state index in [1.54, 1.807) is 25.1 Å². The molecule has 2 aromatic carbocycles. The van der Waals surface area contributed by atoms with E-state index < -0.39 is 0 Å². The number of nitrogens with one attached hydrogen (secondary N) is 1. The zero-order valence-corrected chi connectivity index (χ0v) is 17.2. The lowest BCUT2D eigenvalue weighted by Crippen LogP contribution is -2.22. The molecule has 0 atom stereocenters. The number of rotatable bonds is 10. The van der Waals surface area contributed by atoms with E-state index in [0.717, 1.165) is 22.0 Å². The van der Waals surface area contributed by atoms with Gasteiger partial charge in [-0.2, -0.15) is 0 Å². The summed E-state index contributed by atoms with van der Waals surface area (Å²) in [5.41, 5.74) is 2.80. The van der Waals surface area contributed by atoms with Gasteiger partial charge in [-0.15, -0.1) is 11.8 Å². The molecule has 0 saturated heterocycles. The minimum absolute atomic E-state index is 0.0977. The summed E-state index contributed by atoms with van der Waals surface area (Å²) in [5, 5.41) is 2.95. The van der Waals surface area contributed by atoms with E-state index in [1.165, 1.54) is 5.56 Å². The number of aromatic nitrogens is 1. The SMILES string of the molecule is COCCOc1cccc(CNC(=O)c2ccc(SCc3cccnc3)cc2)c1. The molecule has 0 unspecified atom stereocenters. The highest BCUT2D eigenvalue weighted by Gasteiger charge is 2.06. The van der Waals surface area contributed by atoms with Crippen LogP contribution in [0, 0.1) is 0 Å². The van der Waals surface area contributed by atoms with Crippen LogP contribution in [-0.4, -0.2) is 31.2 Å². The maximum Gasteiger partial charge on any atom is 0.251 e. The maximum atomic E-state index is 12.4. The smallest absolute Gasteiger partial charge is 0.251 e. The zero-order chi connectivity index (χ0) is 20.3. The second-order valence-electron chi connectivity index (χ2n) is 6.35. The van der Waals surface area contributed by atoms with Gasteiger partial charge in [-0.3, -0.25) is 9.78 Å². The summed E-state index contributed by atoms with van der Waals surface area (Å²) < 4.78 is 10.6. The summed E-state index contributed by atoms with van der Waals surface area (Å²) in [4.78, 5) is 17.7. The Hall–Kier alpha value is -2.83. The summed E-state index contributed by atoms with van der Waals surface area (Å²) in [5.74, 6) is 1.52. The van der Waals surface area contributed by atoms with Crippen LogP contribution in [0.4, 0.5) is 0 Å². The largest absolute Gasteiger partial charge is 0.491 e. The fourth-order valence-corrected chi connectivity index (χ4v) is 3.46. The van der Waals surface area contributed by atoms with E-state index in [9.17, 15) is 4.79 Å². The van der Waals surface area contributed by atoms with Crippen molar-refractivity contribution in [2.24, 2.45) is 0 Å². The summed E-state index contributed by atoms with van der Waals surface area (Å²) in [6, 6.07) is 19.3. The highest BCUT2D eigenvalue weighted by Crippen LogP contribution is 2.22. The minimum atomic E-state index is -0.0977. The fraction of sp³-hybridized carbons (Fsp3) is 0.217. The molecular weight excluding hydrogens is 384 g/mol. The summed E-state index contributed by atoms with van der Waals surface area (Å²) >= 11 is 1.72. The third-order valence-corrected chi connectivity index (χ3v) is 5.24. The van der Waals surface area contributed by atoms with Crippen molar-refractivity contribution in [1.82, 2.24) is 10.3 Å². The molecule has 150 valence electrons. The van der Waals surface area contributed by atoms with Crippen molar-refractivity contribution in [3.8, 4) is 5.75 Å². The van der Waals surface area contributed by atoms with Gasteiger partial charge >= 0.3 is 0 Å². The Kier molecular flexibility index (Phi) is 8.10. The van der Waals surface area contributed by atoms with Crippen molar-refractivity contribution in [1.29, 1.82) is 0 Å². The quantitative estimate of drug-likeness (QED) is 0.400. The molecule has 1 heterocycles. The zero-order valence-electron chi connectivity index (χ0n) is 16.3. The number of thioether (sulfide) groups is 1. The van der Waals surface area contributed by atoms with E-state index >= 15 is 0 Å². The predicted molar refractivity (Wildman–Crippen MR) is 115 cm³/mol. The molecule has 0 fully saturated rings. The Morgan fingerprint density at radius 2 is 1.86 bits per heavy atom. The van der Waals surface area contributed by atoms with Crippen molar-refractivity contribution in [3.63, 3.8) is 0 Å². The highest BCUT2D eigenvalue weighted by atomic mass is 32.2. The molecule has 0 aliphatic carbocycles. The van der Waals surface area contributed by atoms with E-state index in [-0.39, 0.29) is 5.91 Å². The Labute approximate surface area is 175 Å². The molecule has 0 bridgehead atoms. The highest BCUT2D eigenvalue weighted by molar-refractivity contribution is 7.98. The van der Waals surface area contributed by atoms with Gasteiger partial charge in [0.25, 0.3) is 5.91 Å². The average molecular weight is 409 g/mol. The number of ether oxygens (including phenoxy) is 2. The lowest BCUT2D eigenvalue weighted by Gasteiger charge is -2.09. The molecule has 29 heavy (non-hydrogen) atoms. The van der Waals surface area contributed by atoms with E-state index in [2.05, 4.69) is 16.4 Å². The normalized spacial score (nSPS) is 10.5. The van der Waals surface area contributed by atoms with Crippen LogP contribution >= 0.6 is 11.8 Å². The Balaban J connectivity index is 1.48. The molecule has 3 rings (SSSR count). The summed E-state index contributed by atoms with van der Waals surface area (Å²) in [6.07, 6.45) is 3.64. The number of carbonyl (C=O) groups excluding carboxylic acids is 1. The number of amides is 1. The lowest BCUT2D eigenvalue weighted by atomic mass is 10.2. The van der Waals surface area contributed by atoms with Gasteiger partial charge in [0.15, 0.2) is 0 Å². The van der Waals surface area contributed by atoms with Gasteiger partial charge < -0.3 is 14.8 Å². The van der Waals surface area contributed by atoms with Crippen LogP contribution in [0.5, 0.6) is 5.75 Å². The number of hydrogen-bond acceptors (Lipinski definition) is 5. The van der Waals surface area contributed by atoms with Crippen LogP contribution in [0.2, 0.25) is 0 Å². The average Bonchev–Trinajstić information content (AvgIpc) is 2.78. The second-order valence-corrected chi connectivity index (χ2v) is 7.39. The van der Waals surface area contributed by atoms with Crippen LogP contribution < -0.4 is 10.1 Å². The molecule has 0 saturated carbocycles. The molecule has 1 N–H and O–H groups in total. The Bertz CT molecular complexity index is 902. The number of carbonyl (C=O) groups is 1. The number of pyridine rings is 1. The first kappa shape index (κ1) is 20.9.